The van der Waals surface area contributed by atoms with Gasteiger partial charge in [-0.1, -0.05) is 35.5 Å². The zero-order chi connectivity index (χ0) is 51.9. The summed E-state index contributed by atoms with van der Waals surface area (Å²) in [7, 11) is 3.22. The number of ether oxygens (including phenoxy) is 2. The van der Waals surface area contributed by atoms with E-state index in [9.17, 15) is 42.3 Å². The minimum atomic E-state index is -3.67. The van der Waals surface area contributed by atoms with Crippen LogP contribution in [0.3, 0.4) is 0 Å². The summed E-state index contributed by atoms with van der Waals surface area (Å²) in [6.45, 7) is 4.95. The molecule has 72 heavy (non-hydrogen) atoms. The first-order valence-electron chi connectivity index (χ1n) is 21.5. The molecule has 2 aromatic carbocycles. The Morgan fingerprint density at radius 1 is 0.722 bits per heavy atom. The number of benzene rings is 2. The van der Waals surface area contributed by atoms with Gasteiger partial charge in [-0.25, -0.2) is 29.5 Å². The number of halogens is 4. The number of aryl methyl sites for hydroxylation is 2. The standard InChI is InChI=1S/C24H23N5O4.C13H12NO2.C11H11ClN4O2.BF3.K/c1-4-33-22(30)20-15-19(18-9-12-29(3)27-18)25-21(26-20)17-7-5-6-16(14-17)8-10-24(32)11-13-28(2)23(24)31;1-14-10-9-13(16,12(14)15)8-7-11-5-3-2-4-6-11;1-3-18-10(17)9-6-8(13-11(12)14-9)7-4-5-16(2)15-7;2-1(3)4;/h5-7,9,12,14-15,32H,4,11,13H2,1-3H3;2-3,5-6,16H,9-10H2,1H3;4-6H,3H2,1-2H3;;/q;-1;;;+1/t24-;13-;;;/m00.../s1. The Morgan fingerprint density at radius 2 is 1.21 bits per heavy atom. The number of likely N-dealkylation sites (tertiary alicyclic amines) is 2. The van der Waals surface area contributed by atoms with Crippen LogP contribution < -0.4 is 51.4 Å². The molecule has 2 atom stereocenters. The van der Waals surface area contributed by atoms with Crippen molar-refractivity contribution in [2.24, 2.45) is 14.1 Å². The SMILES string of the molecule is CCOC(=O)c1cc(-c2ccn(C)n2)nc(-c2cccc(C#C[C@]3(O)CCN(C)C3=O)c2)n1.CCOC(=O)c1cc(-c2ccn(C)n2)nc(Cl)n1.CN1CC[C@@](O)(C#Cc2c[c-]ccc2)C1=O.FB(F)F.[K+]. The minimum Gasteiger partial charge on any atom is -0.461 e. The Bertz CT molecular complexity index is 3000. The molecule has 18 nitrogen and oxygen atoms in total. The first-order chi connectivity index (χ1) is 33.7. The van der Waals surface area contributed by atoms with Gasteiger partial charge in [-0.2, -0.15) is 40.5 Å². The molecule has 24 heteroatoms. The molecule has 2 N–H and O–H groups in total. The maximum atomic E-state index is 12.4. The van der Waals surface area contributed by atoms with Crippen LogP contribution >= 0.6 is 11.6 Å². The molecule has 368 valence electrons. The molecule has 0 bridgehead atoms. The summed E-state index contributed by atoms with van der Waals surface area (Å²) in [6, 6.07) is 23.7. The largest absolute Gasteiger partial charge is 1.00 e. The van der Waals surface area contributed by atoms with E-state index in [-0.39, 0.29) is 93.6 Å². The van der Waals surface area contributed by atoms with E-state index in [4.69, 9.17) is 21.1 Å². The van der Waals surface area contributed by atoms with Crippen molar-refractivity contribution in [3.8, 4) is 57.8 Å². The first kappa shape index (κ1) is 58.3. The fraction of sp³-hybridized carbons (Fsp3) is 0.292. The van der Waals surface area contributed by atoms with Gasteiger partial charge < -0.3 is 29.5 Å². The number of rotatable bonds is 7. The molecule has 2 aliphatic heterocycles. The molecule has 2 amide bonds. The van der Waals surface area contributed by atoms with E-state index in [1.54, 1.807) is 118 Å². The fourth-order valence-electron chi connectivity index (χ4n) is 6.48. The molecule has 8 rings (SSSR count). The number of hydrogen-bond donors (Lipinski definition) is 2. The number of carbonyl (C=O) groups is 4. The van der Waals surface area contributed by atoms with Crippen LogP contribution in [0.2, 0.25) is 5.28 Å². The quantitative estimate of drug-likeness (QED) is 0.0765. The third-order valence-electron chi connectivity index (χ3n) is 10.0. The molecule has 2 fully saturated rings. The Labute approximate surface area is 461 Å². The Kier molecular flexibility index (Phi) is 21.8. The van der Waals surface area contributed by atoms with Crippen LogP contribution in [0.4, 0.5) is 12.9 Å². The van der Waals surface area contributed by atoms with Crippen molar-refractivity contribution in [2.75, 3.05) is 40.4 Å². The number of carbonyl (C=O) groups excluding carboxylic acids is 4. The van der Waals surface area contributed by atoms with Crippen LogP contribution in [0.15, 0.2) is 85.2 Å². The zero-order valence-electron chi connectivity index (χ0n) is 40.2. The van der Waals surface area contributed by atoms with E-state index < -0.39 is 36.6 Å². The Hall–Kier alpha value is -6.28. The summed E-state index contributed by atoms with van der Waals surface area (Å²) in [6.07, 6.45) is 4.18. The second-order valence-corrected chi connectivity index (χ2v) is 15.7. The van der Waals surface area contributed by atoms with Gasteiger partial charge >= 0.3 is 70.9 Å². The van der Waals surface area contributed by atoms with Crippen LogP contribution in [0.1, 0.15) is 58.8 Å². The molecule has 0 unspecified atom stereocenters. The average Bonchev–Trinajstić information content (AvgIpc) is 4.12. The van der Waals surface area contributed by atoms with E-state index in [1.165, 1.54) is 15.9 Å². The molecule has 6 heterocycles. The van der Waals surface area contributed by atoms with Gasteiger partial charge in [-0.3, -0.25) is 31.9 Å². The number of esters is 2. The van der Waals surface area contributed by atoms with E-state index in [0.717, 1.165) is 5.56 Å². The third-order valence-corrected chi connectivity index (χ3v) is 10.2. The number of likely N-dealkylation sites (N-methyl/N-ethyl adjacent to an activating group) is 2. The molecule has 6 aromatic rings. The summed E-state index contributed by atoms with van der Waals surface area (Å²) in [5, 5.41) is 29.1. The Balaban J connectivity index is 0.000000243. The number of nitrogens with zero attached hydrogens (tertiary/aromatic N) is 10. The molecular weight excluding hydrogens is 987 g/mol. The third kappa shape index (κ3) is 16.4. The average molecular weight is 1030 g/mol. The number of aromatic nitrogens is 8. The maximum Gasteiger partial charge on any atom is 1.00 e. The predicted octanol–water partition coefficient (Wildman–Crippen LogP) is 1.69. The van der Waals surface area contributed by atoms with Crippen molar-refractivity contribution in [3.05, 3.63) is 119 Å². The molecule has 2 saturated heterocycles. The molecular formula is C48H46BClF3KN10O8. The second-order valence-electron chi connectivity index (χ2n) is 15.4. The van der Waals surface area contributed by atoms with Gasteiger partial charge in [0.25, 0.3) is 11.8 Å². The van der Waals surface area contributed by atoms with E-state index in [0.29, 0.717) is 59.2 Å². The van der Waals surface area contributed by atoms with Crippen LogP contribution in [0.25, 0.3) is 34.2 Å². The monoisotopic (exact) mass is 1030 g/mol. The molecule has 4 aromatic heterocycles. The summed E-state index contributed by atoms with van der Waals surface area (Å²) in [5.74, 6) is 9.54. The smallest absolute Gasteiger partial charge is 0.461 e. The summed E-state index contributed by atoms with van der Waals surface area (Å²) < 4.78 is 42.3. The van der Waals surface area contributed by atoms with Crippen molar-refractivity contribution < 1.29 is 103 Å². The van der Waals surface area contributed by atoms with Crippen molar-refractivity contribution in [2.45, 2.75) is 37.9 Å². The normalized spacial score (nSPS) is 16.4. The Morgan fingerprint density at radius 3 is 1.65 bits per heavy atom. The van der Waals surface area contributed by atoms with Gasteiger partial charge in [0.1, 0.15) is 11.4 Å². The number of amides is 2. The van der Waals surface area contributed by atoms with Crippen molar-refractivity contribution in [1.29, 1.82) is 0 Å². The van der Waals surface area contributed by atoms with E-state index in [2.05, 4.69) is 59.9 Å². The molecule has 0 radical (unpaired) electrons. The van der Waals surface area contributed by atoms with E-state index >= 15 is 0 Å². The maximum absolute atomic E-state index is 12.4. The summed E-state index contributed by atoms with van der Waals surface area (Å²) >= 11 is 5.79. The minimum absolute atomic E-state index is 0. The molecule has 2 aliphatic rings. The number of aliphatic hydroxyl groups is 2. The predicted molar refractivity (Wildman–Crippen MR) is 253 cm³/mol. The van der Waals surface area contributed by atoms with Crippen LogP contribution in [0, 0.1) is 29.7 Å². The van der Waals surface area contributed by atoms with Gasteiger partial charge in [0.05, 0.1) is 24.6 Å². The molecule has 0 aliphatic carbocycles. The van der Waals surface area contributed by atoms with Crippen LogP contribution in [0.5, 0.6) is 0 Å². The first-order valence-corrected chi connectivity index (χ1v) is 21.9. The fourth-order valence-corrected chi connectivity index (χ4v) is 6.66. The van der Waals surface area contributed by atoms with Gasteiger partial charge in [-0.05, 0) is 61.8 Å². The topological polar surface area (TPSA) is 221 Å². The second kappa shape index (κ2) is 27.0. The van der Waals surface area contributed by atoms with Crippen molar-refractivity contribution >= 4 is 42.9 Å². The van der Waals surface area contributed by atoms with E-state index in [1.807, 2.05) is 12.1 Å². The van der Waals surface area contributed by atoms with Crippen LogP contribution in [-0.2, 0) is 33.2 Å². The van der Waals surface area contributed by atoms with Gasteiger partial charge in [0.15, 0.2) is 17.2 Å². The molecule has 0 spiro atoms. The van der Waals surface area contributed by atoms with Crippen LogP contribution in [-0.4, -0.2) is 142 Å². The number of hydrogen-bond acceptors (Lipinski definition) is 14. The van der Waals surface area contributed by atoms with Gasteiger partial charge in [-0.15, -0.1) is 5.92 Å². The van der Waals surface area contributed by atoms with Crippen molar-refractivity contribution in [1.82, 2.24) is 49.3 Å². The van der Waals surface area contributed by atoms with Crippen molar-refractivity contribution in [3.63, 3.8) is 0 Å². The molecule has 0 saturated carbocycles. The van der Waals surface area contributed by atoms with Gasteiger partial charge in [0, 0.05) is 77.6 Å². The summed E-state index contributed by atoms with van der Waals surface area (Å²) in [5.41, 5.74) is 1.17. The van der Waals surface area contributed by atoms with Gasteiger partial charge in [0.2, 0.25) is 16.5 Å². The summed E-state index contributed by atoms with van der Waals surface area (Å²) in [4.78, 5) is 67.6. The zero-order valence-corrected chi connectivity index (χ0v) is 44.1.